The fourth-order valence-electron chi connectivity index (χ4n) is 3.58. The van der Waals surface area contributed by atoms with Gasteiger partial charge in [-0.3, -0.25) is 4.79 Å². The molecule has 3 N–H and O–H groups in total. The van der Waals surface area contributed by atoms with Gasteiger partial charge in [-0.05, 0) is 67.6 Å². The lowest BCUT2D eigenvalue weighted by Gasteiger charge is -2.22. The summed E-state index contributed by atoms with van der Waals surface area (Å²) >= 11 is 0. The van der Waals surface area contributed by atoms with E-state index in [0.29, 0.717) is 17.2 Å². The van der Waals surface area contributed by atoms with Crippen molar-refractivity contribution in [1.29, 1.82) is 0 Å². The fraction of sp³-hybridized carbons (Fsp3) is 0.364. The third-order valence-corrected chi connectivity index (χ3v) is 6.26. The second kappa shape index (κ2) is 9.40. The topological polar surface area (TPSA) is 116 Å². The molecule has 30 heavy (non-hydrogen) atoms. The number of primary sulfonamides is 1. The first-order chi connectivity index (χ1) is 14.2. The lowest BCUT2D eigenvalue weighted by molar-refractivity contribution is -0.123. The van der Waals surface area contributed by atoms with E-state index in [1.54, 1.807) is 12.1 Å². The largest absolute Gasteiger partial charge is 0.449 e. The van der Waals surface area contributed by atoms with Gasteiger partial charge < -0.3 is 10.1 Å². The van der Waals surface area contributed by atoms with Crippen molar-refractivity contribution in [2.24, 2.45) is 5.14 Å². The normalized spacial score (nSPS) is 15.9. The van der Waals surface area contributed by atoms with Crippen molar-refractivity contribution < 1.29 is 22.7 Å². The number of anilines is 1. The monoisotopic (exact) mass is 430 g/mol. The quantitative estimate of drug-likeness (QED) is 0.680. The Morgan fingerprint density at radius 3 is 2.17 bits per heavy atom. The lowest BCUT2D eigenvalue weighted by Crippen LogP contribution is -2.30. The Bertz CT molecular complexity index is 995. The Labute approximate surface area is 176 Å². The van der Waals surface area contributed by atoms with Crippen LogP contribution < -0.4 is 10.5 Å². The maximum absolute atomic E-state index is 12.4. The number of nitrogens with one attached hydrogen (secondary N) is 1. The summed E-state index contributed by atoms with van der Waals surface area (Å²) in [6.45, 7) is 1.47. The van der Waals surface area contributed by atoms with Crippen molar-refractivity contribution in [1.82, 2.24) is 0 Å². The Hall–Kier alpha value is -2.71. The van der Waals surface area contributed by atoms with Gasteiger partial charge >= 0.3 is 5.97 Å². The van der Waals surface area contributed by atoms with Gasteiger partial charge in [-0.1, -0.05) is 31.4 Å². The molecule has 1 atom stereocenters. The van der Waals surface area contributed by atoms with Crippen LogP contribution in [0.2, 0.25) is 0 Å². The summed E-state index contributed by atoms with van der Waals surface area (Å²) in [7, 11) is -3.80. The zero-order chi connectivity index (χ0) is 21.7. The van der Waals surface area contributed by atoms with E-state index in [4.69, 9.17) is 9.88 Å². The van der Waals surface area contributed by atoms with Crippen molar-refractivity contribution in [2.45, 2.75) is 55.9 Å². The number of hydrogen-bond donors (Lipinski definition) is 2. The summed E-state index contributed by atoms with van der Waals surface area (Å²) in [6, 6.07) is 12.8. The predicted molar refractivity (Wildman–Crippen MR) is 114 cm³/mol. The number of esters is 1. The van der Waals surface area contributed by atoms with Crippen molar-refractivity contribution in [3.05, 3.63) is 59.7 Å². The molecule has 8 heteroatoms. The van der Waals surface area contributed by atoms with Gasteiger partial charge in [0.15, 0.2) is 6.10 Å². The summed E-state index contributed by atoms with van der Waals surface area (Å²) in [5.74, 6) is -0.544. The number of nitrogens with two attached hydrogens (primary N) is 1. The van der Waals surface area contributed by atoms with Crippen LogP contribution in [0.4, 0.5) is 5.69 Å². The second-order valence-electron chi connectivity index (χ2n) is 7.56. The summed E-state index contributed by atoms with van der Waals surface area (Å²) in [6.07, 6.45) is 5.11. The number of amides is 1. The van der Waals surface area contributed by atoms with E-state index >= 15 is 0 Å². The molecule has 0 aromatic heterocycles. The lowest BCUT2D eigenvalue weighted by atomic mass is 9.84. The van der Waals surface area contributed by atoms with E-state index in [-0.39, 0.29) is 4.90 Å². The minimum Gasteiger partial charge on any atom is -0.449 e. The smallest absolute Gasteiger partial charge is 0.338 e. The van der Waals surface area contributed by atoms with Crippen molar-refractivity contribution in [2.75, 3.05) is 5.32 Å². The minimum atomic E-state index is -3.80. The van der Waals surface area contributed by atoms with Crippen LogP contribution in [0.15, 0.2) is 53.4 Å². The third-order valence-electron chi connectivity index (χ3n) is 5.33. The fourth-order valence-corrected chi connectivity index (χ4v) is 4.10. The predicted octanol–water partition coefficient (Wildman–Crippen LogP) is 3.57. The van der Waals surface area contributed by atoms with Gasteiger partial charge in [-0.25, -0.2) is 18.4 Å². The molecule has 1 fully saturated rings. The highest BCUT2D eigenvalue weighted by Crippen LogP contribution is 2.32. The Morgan fingerprint density at radius 2 is 1.60 bits per heavy atom. The molecule has 1 aliphatic rings. The molecule has 3 rings (SSSR count). The molecule has 2 aromatic rings. The van der Waals surface area contributed by atoms with Gasteiger partial charge in [0.05, 0.1) is 10.5 Å². The molecule has 0 aliphatic heterocycles. The van der Waals surface area contributed by atoms with Crippen LogP contribution >= 0.6 is 0 Å². The van der Waals surface area contributed by atoms with Crippen LogP contribution in [0.3, 0.4) is 0 Å². The Morgan fingerprint density at radius 1 is 1.00 bits per heavy atom. The van der Waals surface area contributed by atoms with Crippen LogP contribution in [-0.4, -0.2) is 26.4 Å². The molecule has 160 valence electrons. The van der Waals surface area contributed by atoms with E-state index in [1.807, 2.05) is 12.1 Å². The maximum atomic E-state index is 12.4. The Balaban J connectivity index is 1.56. The van der Waals surface area contributed by atoms with Crippen LogP contribution in [0.1, 0.15) is 60.9 Å². The van der Waals surface area contributed by atoms with E-state index < -0.39 is 28.0 Å². The number of ether oxygens (including phenoxy) is 1. The molecule has 1 unspecified atom stereocenters. The summed E-state index contributed by atoms with van der Waals surface area (Å²) < 4.78 is 27.8. The van der Waals surface area contributed by atoms with Gasteiger partial charge in [-0.2, -0.15) is 0 Å². The molecular weight excluding hydrogens is 404 g/mol. The van der Waals surface area contributed by atoms with Gasteiger partial charge in [-0.15, -0.1) is 0 Å². The Kier molecular flexibility index (Phi) is 6.89. The van der Waals surface area contributed by atoms with E-state index in [9.17, 15) is 18.0 Å². The molecule has 1 aliphatic carbocycles. The molecule has 0 saturated heterocycles. The van der Waals surface area contributed by atoms with Crippen LogP contribution in [0.5, 0.6) is 0 Å². The summed E-state index contributed by atoms with van der Waals surface area (Å²) in [5.41, 5.74) is 2.00. The molecule has 1 amide bonds. The molecule has 1 saturated carbocycles. The molecule has 0 radical (unpaired) electrons. The van der Waals surface area contributed by atoms with E-state index in [1.165, 1.54) is 68.9 Å². The van der Waals surface area contributed by atoms with Crippen LogP contribution in [-0.2, 0) is 19.6 Å². The number of hydrogen-bond acceptors (Lipinski definition) is 5. The van der Waals surface area contributed by atoms with Crippen LogP contribution in [0, 0.1) is 0 Å². The summed E-state index contributed by atoms with van der Waals surface area (Å²) in [5, 5.41) is 7.62. The highest BCUT2D eigenvalue weighted by atomic mass is 32.2. The number of benzene rings is 2. The van der Waals surface area contributed by atoms with Crippen molar-refractivity contribution in [3.8, 4) is 0 Å². The first kappa shape index (κ1) is 22.0. The standard InChI is InChI=1S/C22H26N2O5S/c1-15(21(25)24-19-11-13-20(14-12-19)30(23,27)28)29-22(26)18-9-7-17(8-10-18)16-5-3-2-4-6-16/h7-16H,2-6H2,1H3,(H,24,25)(H2,23,27,28). The molecule has 0 heterocycles. The average molecular weight is 431 g/mol. The number of sulfonamides is 1. The molecule has 0 spiro atoms. The molecule has 0 bridgehead atoms. The van der Waals surface area contributed by atoms with E-state index in [2.05, 4.69) is 5.32 Å². The minimum absolute atomic E-state index is 0.0587. The first-order valence-electron chi connectivity index (χ1n) is 9.99. The maximum Gasteiger partial charge on any atom is 0.338 e. The second-order valence-corrected chi connectivity index (χ2v) is 9.12. The van der Waals surface area contributed by atoms with Crippen molar-refractivity contribution >= 4 is 27.6 Å². The first-order valence-corrected chi connectivity index (χ1v) is 11.5. The zero-order valence-electron chi connectivity index (χ0n) is 16.8. The molecule has 7 nitrogen and oxygen atoms in total. The third kappa shape index (κ3) is 5.67. The summed E-state index contributed by atoms with van der Waals surface area (Å²) in [4.78, 5) is 24.6. The van der Waals surface area contributed by atoms with Gasteiger partial charge in [0.25, 0.3) is 5.91 Å². The number of carbonyl (C=O) groups is 2. The van der Waals surface area contributed by atoms with Gasteiger partial charge in [0.1, 0.15) is 0 Å². The zero-order valence-corrected chi connectivity index (χ0v) is 17.7. The van der Waals surface area contributed by atoms with E-state index in [0.717, 1.165) is 0 Å². The van der Waals surface area contributed by atoms with Crippen molar-refractivity contribution in [3.63, 3.8) is 0 Å². The molecule has 2 aromatic carbocycles. The average Bonchev–Trinajstić information content (AvgIpc) is 2.74. The van der Waals surface area contributed by atoms with Crippen LogP contribution in [0.25, 0.3) is 0 Å². The number of carbonyl (C=O) groups excluding carboxylic acids is 2. The van der Waals surface area contributed by atoms with Gasteiger partial charge in [0, 0.05) is 5.69 Å². The number of rotatable bonds is 6. The van der Waals surface area contributed by atoms with Gasteiger partial charge in [0.2, 0.25) is 10.0 Å². The highest BCUT2D eigenvalue weighted by molar-refractivity contribution is 7.89. The highest BCUT2D eigenvalue weighted by Gasteiger charge is 2.20. The SMILES string of the molecule is CC(OC(=O)c1ccc(C2CCCCC2)cc1)C(=O)Nc1ccc(S(N)(=O)=O)cc1. The molecular formula is C22H26N2O5S.